The van der Waals surface area contributed by atoms with Crippen molar-refractivity contribution in [3.8, 4) is 23.0 Å². The summed E-state index contributed by atoms with van der Waals surface area (Å²) in [5, 5.41) is 1.74. The molecule has 2 saturated heterocycles. The average molecular weight is 573 g/mol. The van der Waals surface area contributed by atoms with Crippen molar-refractivity contribution >= 4 is 34.1 Å². The molecule has 0 radical (unpaired) electrons. The van der Waals surface area contributed by atoms with E-state index >= 15 is 0 Å². The minimum absolute atomic E-state index is 0.113. The summed E-state index contributed by atoms with van der Waals surface area (Å²) in [5.74, 6) is -1.29. The lowest BCUT2D eigenvalue weighted by Gasteiger charge is -2.31. The smallest absolute Gasteiger partial charge is 0.350 e. The Balaban J connectivity index is 1.21. The standard InChI is InChI=1S/C32H28O10/c1-29(2)21-15-35-27-23-19(7-11-33-23)14-18-6-10-32(40-26(18)27)38-22(30(3,4)42-32)16-36-28-24-20(8-12-34-24)13-17-5-9-31(37-21,41-29)39-25(17)28/h5-14,21-22H,15-16H2,1-4H3/t21-,22-,31-,32-/m1/s1. The molecule has 2 aromatic carbocycles. The molecule has 2 spiro atoms. The van der Waals surface area contributed by atoms with Gasteiger partial charge in [-0.25, -0.2) is 0 Å². The van der Waals surface area contributed by atoms with Gasteiger partial charge < -0.3 is 46.7 Å². The van der Waals surface area contributed by atoms with Crippen molar-refractivity contribution in [1.82, 2.24) is 0 Å². The lowest BCUT2D eigenvalue weighted by atomic mass is 10.0. The van der Waals surface area contributed by atoms with Gasteiger partial charge >= 0.3 is 11.9 Å². The molecule has 0 saturated carbocycles. The summed E-state index contributed by atoms with van der Waals surface area (Å²) in [6, 6.07) is 7.71. The summed E-state index contributed by atoms with van der Waals surface area (Å²) in [6.07, 6.45) is 9.52. The van der Waals surface area contributed by atoms with Crippen LogP contribution in [0.15, 0.2) is 57.8 Å². The number of ether oxygens (including phenoxy) is 8. The summed E-state index contributed by atoms with van der Waals surface area (Å²) < 4.78 is 63.6. The zero-order chi connectivity index (χ0) is 28.5. The van der Waals surface area contributed by atoms with Crippen molar-refractivity contribution in [2.75, 3.05) is 13.2 Å². The highest BCUT2D eigenvalue weighted by atomic mass is 16.9. The Morgan fingerprint density at radius 1 is 0.619 bits per heavy atom. The first-order valence-electron chi connectivity index (χ1n) is 14.0. The molecular weight excluding hydrogens is 544 g/mol. The Morgan fingerprint density at radius 2 is 1.07 bits per heavy atom. The second kappa shape index (κ2) is 7.90. The fourth-order valence-electron chi connectivity index (χ4n) is 6.24. The van der Waals surface area contributed by atoms with Gasteiger partial charge in [-0.1, -0.05) is 0 Å². The van der Waals surface area contributed by atoms with Crippen LogP contribution in [0.3, 0.4) is 0 Å². The molecule has 10 nitrogen and oxygen atoms in total. The average Bonchev–Trinajstić information content (AvgIpc) is 3.69. The van der Waals surface area contributed by atoms with Crippen LogP contribution in [0.1, 0.15) is 38.8 Å². The van der Waals surface area contributed by atoms with E-state index in [1.807, 2.05) is 64.1 Å². The Kier molecular flexibility index (Phi) is 4.63. The van der Waals surface area contributed by atoms with Gasteiger partial charge in [0.1, 0.15) is 25.4 Å². The molecule has 42 heavy (non-hydrogen) atoms. The van der Waals surface area contributed by atoms with E-state index < -0.39 is 35.4 Å². The maximum Gasteiger partial charge on any atom is 0.350 e. The topological polar surface area (TPSA) is 100 Å². The summed E-state index contributed by atoms with van der Waals surface area (Å²) in [7, 11) is 0. The summed E-state index contributed by atoms with van der Waals surface area (Å²) in [5.41, 5.74) is 1.10. The van der Waals surface area contributed by atoms with Crippen LogP contribution < -0.4 is 18.9 Å². The van der Waals surface area contributed by atoms with E-state index in [4.69, 9.17) is 46.7 Å². The summed E-state index contributed by atoms with van der Waals surface area (Å²) in [4.78, 5) is 0. The fraction of sp³-hybridized carbons (Fsp3) is 0.375. The third-order valence-electron chi connectivity index (χ3n) is 8.52. The van der Waals surface area contributed by atoms with Gasteiger partial charge in [-0.3, -0.25) is 0 Å². The monoisotopic (exact) mass is 572 g/mol. The van der Waals surface area contributed by atoms with E-state index in [2.05, 4.69) is 0 Å². The van der Waals surface area contributed by atoms with Gasteiger partial charge in [0.15, 0.2) is 22.7 Å². The molecule has 0 N–H and O–H groups in total. The number of hydrogen-bond donors (Lipinski definition) is 0. The van der Waals surface area contributed by atoms with E-state index in [9.17, 15) is 0 Å². The molecule has 4 atom stereocenters. The SMILES string of the molecule is CC1(C)O[C@@]23C=Cc4cc5ccoc5c(c4O2)OC[C@H]2O[C@@]4(C=Cc5cc6ccoc6c(c5O4)OC[C@H]1O3)OC2(C)C. The number of benzene rings is 2. The fourth-order valence-corrected chi connectivity index (χ4v) is 6.24. The lowest BCUT2D eigenvalue weighted by Crippen LogP contribution is -2.40. The third-order valence-corrected chi connectivity index (χ3v) is 8.52. The van der Waals surface area contributed by atoms with Gasteiger partial charge in [0, 0.05) is 34.1 Å². The highest BCUT2D eigenvalue weighted by Crippen LogP contribution is 2.52. The van der Waals surface area contributed by atoms with Gasteiger partial charge in [-0.15, -0.1) is 0 Å². The first-order chi connectivity index (χ1) is 20.1. The third kappa shape index (κ3) is 3.40. The van der Waals surface area contributed by atoms with E-state index in [0.717, 1.165) is 21.9 Å². The Hall–Kier alpha value is -3.96. The van der Waals surface area contributed by atoms with E-state index in [-0.39, 0.29) is 13.2 Å². The van der Waals surface area contributed by atoms with Crippen LogP contribution in [0.4, 0.5) is 0 Å². The van der Waals surface area contributed by atoms with Crippen LogP contribution in [0.5, 0.6) is 23.0 Å². The van der Waals surface area contributed by atoms with Crippen LogP contribution in [-0.2, 0) is 18.9 Å². The largest absolute Gasteiger partial charge is 0.483 e. The molecule has 4 aromatic rings. The number of fused-ring (bicyclic) bond motifs is 6. The minimum Gasteiger partial charge on any atom is -0.483 e. The predicted octanol–water partition coefficient (Wildman–Crippen LogP) is 6.16. The first kappa shape index (κ1) is 24.6. The van der Waals surface area contributed by atoms with Crippen molar-refractivity contribution in [2.45, 2.75) is 63.1 Å². The van der Waals surface area contributed by atoms with E-state index in [0.29, 0.717) is 34.2 Å². The quantitative estimate of drug-likeness (QED) is 0.244. The second-order valence-corrected chi connectivity index (χ2v) is 12.2. The molecule has 5 aliphatic heterocycles. The van der Waals surface area contributed by atoms with Crippen molar-refractivity contribution in [3.05, 3.63) is 60.1 Å². The van der Waals surface area contributed by atoms with Crippen LogP contribution in [0.25, 0.3) is 34.1 Å². The van der Waals surface area contributed by atoms with Gasteiger partial charge in [-0.05, 0) is 64.1 Å². The Labute approximate surface area is 240 Å². The molecule has 0 amide bonds. The molecule has 0 aliphatic carbocycles. The van der Waals surface area contributed by atoms with Gasteiger partial charge in [0.05, 0.1) is 23.7 Å². The van der Waals surface area contributed by atoms with Crippen LogP contribution >= 0.6 is 0 Å². The van der Waals surface area contributed by atoms with Crippen molar-refractivity contribution < 1.29 is 46.7 Å². The van der Waals surface area contributed by atoms with E-state index in [1.54, 1.807) is 24.7 Å². The van der Waals surface area contributed by atoms with Crippen LogP contribution in [0, 0.1) is 0 Å². The summed E-state index contributed by atoms with van der Waals surface area (Å²) >= 11 is 0. The Bertz CT molecular complexity index is 1710. The van der Waals surface area contributed by atoms with Crippen molar-refractivity contribution in [1.29, 1.82) is 0 Å². The van der Waals surface area contributed by atoms with Crippen LogP contribution in [0.2, 0.25) is 0 Å². The highest BCUT2D eigenvalue weighted by Gasteiger charge is 2.57. The molecule has 5 aliphatic rings. The van der Waals surface area contributed by atoms with Gasteiger partial charge in [0.25, 0.3) is 0 Å². The predicted molar refractivity (Wildman–Crippen MR) is 148 cm³/mol. The molecule has 9 rings (SSSR count). The minimum atomic E-state index is -1.50. The van der Waals surface area contributed by atoms with Crippen LogP contribution in [-0.4, -0.2) is 48.6 Å². The molecule has 6 bridgehead atoms. The zero-order valence-electron chi connectivity index (χ0n) is 23.4. The number of furan rings is 2. The zero-order valence-corrected chi connectivity index (χ0v) is 23.4. The van der Waals surface area contributed by atoms with Gasteiger partial charge in [0.2, 0.25) is 11.5 Å². The molecule has 2 fully saturated rings. The maximum atomic E-state index is 6.52. The molecule has 0 unspecified atom stereocenters. The van der Waals surface area contributed by atoms with Crippen molar-refractivity contribution in [3.63, 3.8) is 0 Å². The van der Waals surface area contributed by atoms with E-state index in [1.165, 1.54) is 0 Å². The lowest BCUT2D eigenvalue weighted by molar-refractivity contribution is -0.273. The first-order valence-corrected chi connectivity index (χ1v) is 14.0. The summed E-state index contributed by atoms with van der Waals surface area (Å²) in [6.45, 7) is 7.96. The number of rotatable bonds is 0. The maximum absolute atomic E-state index is 6.52. The van der Waals surface area contributed by atoms with Gasteiger partial charge in [-0.2, -0.15) is 0 Å². The van der Waals surface area contributed by atoms with Crippen molar-refractivity contribution in [2.24, 2.45) is 0 Å². The second-order valence-electron chi connectivity index (χ2n) is 12.2. The molecule has 216 valence electrons. The normalized spacial score (nSPS) is 31.4. The molecule has 2 aromatic heterocycles. The highest BCUT2D eigenvalue weighted by molar-refractivity contribution is 5.91. The number of hydrogen-bond acceptors (Lipinski definition) is 10. The molecule has 10 heteroatoms. The molecular formula is C32H28O10. The Morgan fingerprint density at radius 3 is 1.52 bits per heavy atom. The molecule has 7 heterocycles.